The van der Waals surface area contributed by atoms with Gasteiger partial charge in [-0.1, -0.05) is 64.8 Å². The second-order valence-corrected chi connectivity index (χ2v) is 18.8. The molecule has 1 aliphatic heterocycles. The summed E-state index contributed by atoms with van der Waals surface area (Å²) in [6.07, 6.45) is 2.48. The van der Waals surface area contributed by atoms with Crippen molar-refractivity contribution in [1.29, 1.82) is 0 Å². The lowest BCUT2D eigenvalue weighted by Gasteiger charge is -2.58. The fourth-order valence-corrected chi connectivity index (χ4v) is 12.1. The van der Waals surface area contributed by atoms with Gasteiger partial charge >= 0.3 is 35.8 Å². The van der Waals surface area contributed by atoms with E-state index in [9.17, 15) is 39.0 Å². The summed E-state index contributed by atoms with van der Waals surface area (Å²) < 4.78 is 35.0. The van der Waals surface area contributed by atoms with Gasteiger partial charge in [0.15, 0.2) is 12.2 Å². The second kappa shape index (κ2) is 17.8. The van der Waals surface area contributed by atoms with Crippen LogP contribution in [0.5, 0.6) is 0 Å². The van der Waals surface area contributed by atoms with Gasteiger partial charge in [-0.25, -0.2) is 9.59 Å². The van der Waals surface area contributed by atoms with Crippen molar-refractivity contribution in [3.05, 3.63) is 24.3 Å². The molecular formula is C44H64O14. The van der Waals surface area contributed by atoms with Gasteiger partial charge in [0.05, 0.1) is 53.5 Å². The highest BCUT2D eigenvalue weighted by Crippen LogP contribution is 2.62. The summed E-state index contributed by atoms with van der Waals surface area (Å²) in [6, 6.07) is 0. The monoisotopic (exact) mass is 816 g/mol. The first-order valence-electron chi connectivity index (χ1n) is 20.8. The minimum absolute atomic E-state index is 0.0485. The lowest BCUT2D eigenvalue weighted by atomic mass is 9.47. The van der Waals surface area contributed by atoms with Crippen LogP contribution >= 0.6 is 0 Å². The lowest BCUT2D eigenvalue weighted by Crippen LogP contribution is -2.55. The number of hydrogen-bond donors (Lipinski definition) is 2. The fourth-order valence-electron chi connectivity index (χ4n) is 12.1. The van der Waals surface area contributed by atoms with E-state index in [4.69, 9.17) is 28.4 Å². The molecule has 324 valence electrons. The normalized spacial score (nSPS) is 40.4. The van der Waals surface area contributed by atoms with Crippen LogP contribution in [0.25, 0.3) is 0 Å². The van der Waals surface area contributed by atoms with Crippen LogP contribution in [-0.4, -0.2) is 98.9 Å². The van der Waals surface area contributed by atoms with Gasteiger partial charge in [-0.15, -0.1) is 0 Å². The summed E-state index contributed by atoms with van der Waals surface area (Å²) in [5.74, 6) is -9.80. The van der Waals surface area contributed by atoms with E-state index in [2.05, 4.69) is 27.0 Å². The molecule has 1 saturated heterocycles. The molecule has 5 fully saturated rings. The molecule has 0 aromatic heterocycles. The van der Waals surface area contributed by atoms with Crippen molar-refractivity contribution in [2.45, 2.75) is 117 Å². The molecule has 0 radical (unpaired) electrons. The van der Waals surface area contributed by atoms with Crippen molar-refractivity contribution in [2.75, 3.05) is 40.6 Å². The molecule has 0 aromatic carbocycles. The Morgan fingerprint density at radius 3 is 1.34 bits per heavy atom. The Morgan fingerprint density at radius 2 is 1.02 bits per heavy atom. The highest BCUT2D eigenvalue weighted by atomic mass is 16.6. The van der Waals surface area contributed by atoms with E-state index in [1.807, 2.05) is 13.8 Å². The number of carboxylic acids is 2. The van der Waals surface area contributed by atoms with Gasteiger partial charge in [0.25, 0.3) is 0 Å². The molecule has 8 bridgehead atoms. The Hall–Kier alpha value is -3.78. The van der Waals surface area contributed by atoms with Gasteiger partial charge in [0.1, 0.15) is 11.8 Å². The van der Waals surface area contributed by atoms with Crippen LogP contribution in [0.1, 0.15) is 105 Å². The third-order valence-corrected chi connectivity index (χ3v) is 15.3. The van der Waals surface area contributed by atoms with Crippen LogP contribution in [0.15, 0.2) is 24.3 Å². The first-order chi connectivity index (χ1) is 27.2. The highest BCUT2D eigenvalue weighted by Gasteiger charge is 2.58. The SMILES string of the molecule is C=C1CC[C@H]2[C@@]3(C)CCC[C@]2(C)[C@H]1CO[C@@H](C(=O)OC)[C@H](CC(=O)O)C(=O)OC[C@]1(C)CCC[C@]2(C)[C@@H](CO[C@@H](C(=O)OC)[C@H](CC(=O)O)C(=O)OC3)C(=C)CC[C@@H]12. The zero-order chi connectivity index (χ0) is 42.8. The number of methoxy groups -OCH3 is 2. The van der Waals surface area contributed by atoms with E-state index in [0.717, 1.165) is 51.0 Å². The minimum Gasteiger partial charge on any atom is -0.481 e. The summed E-state index contributed by atoms with van der Waals surface area (Å²) in [5.41, 5.74) is -0.343. The average Bonchev–Trinajstić information content (AvgIpc) is 3.15. The number of ether oxygens (including phenoxy) is 6. The smallest absolute Gasteiger partial charge is 0.335 e. The summed E-state index contributed by atoms with van der Waals surface area (Å²) >= 11 is 0. The number of hydrogen-bond acceptors (Lipinski definition) is 12. The van der Waals surface area contributed by atoms with E-state index in [0.29, 0.717) is 38.5 Å². The molecule has 2 N–H and O–H groups in total. The van der Waals surface area contributed by atoms with Crippen LogP contribution in [0.4, 0.5) is 0 Å². The topological polar surface area (TPSA) is 198 Å². The second-order valence-electron chi connectivity index (χ2n) is 18.8. The maximum Gasteiger partial charge on any atom is 0.335 e. The average molecular weight is 817 g/mol. The van der Waals surface area contributed by atoms with E-state index in [1.54, 1.807) is 0 Å². The number of carbonyl (C=O) groups is 6. The Bertz CT molecular complexity index is 1520. The first-order valence-corrected chi connectivity index (χ1v) is 20.8. The maximum absolute atomic E-state index is 14.1. The molecule has 14 nitrogen and oxygen atoms in total. The van der Waals surface area contributed by atoms with Crippen LogP contribution in [0, 0.1) is 57.2 Å². The first kappa shape index (κ1) is 45.3. The molecule has 1 heterocycles. The van der Waals surface area contributed by atoms with Gasteiger partial charge in [-0.2, -0.15) is 0 Å². The number of esters is 4. The quantitative estimate of drug-likeness (QED) is 0.181. The Balaban J connectivity index is 1.59. The Labute approximate surface area is 341 Å². The van der Waals surface area contributed by atoms with Crippen LogP contribution in [0.3, 0.4) is 0 Å². The standard InChI is InChI=1S/C44H64O14/c1-25-11-13-31-41(3)15-9-17-43(31,5)29(25)21-55-35(39(51)53-7)27(19-33(45)46)37(49)58-24-42(4)16-10-18-44(6)30(26(2)12-14-32(42)44)22-56-36(40(52)54-8)28(20-34(47)48)38(50)57-23-41/h27-32,35-36H,1-2,9-24H2,3-8H3,(H,45,46)(H,47,48)/t27-,28-,29-,30-,31-,32-,35+,36+,41-,42-,43+,44+/m0/s1. The molecule has 12 atom stereocenters. The molecule has 5 rings (SSSR count). The van der Waals surface area contributed by atoms with Gasteiger partial charge in [-0.3, -0.25) is 19.2 Å². The molecule has 0 spiro atoms. The van der Waals surface area contributed by atoms with E-state index in [-0.39, 0.29) is 50.1 Å². The molecular weight excluding hydrogens is 752 g/mol. The van der Waals surface area contributed by atoms with Crippen molar-refractivity contribution < 1.29 is 67.4 Å². The van der Waals surface area contributed by atoms with Gasteiger partial charge < -0.3 is 38.6 Å². The molecule has 0 aromatic rings. The third kappa shape index (κ3) is 8.88. The van der Waals surface area contributed by atoms with Gasteiger partial charge in [0, 0.05) is 22.7 Å². The number of rotatable bonds is 6. The molecule has 5 aliphatic rings. The van der Waals surface area contributed by atoms with E-state index in [1.165, 1.54) is 0 Å². The third-order valence-electron chi connectivity index (χ3n) is 15.3. The zero-order valence-electron chi connectivity index (χ0n) is 35.1. The van der Waals surface area contributed by atoms with Crippen molar-refractivity contribution in [1.82, 2.24) is 0 Å². The van der Waals surface area contributed by atoms with Crippen LogP contribution in [0.2, 0.25) is 0 Å². The number of aliphatic carboxylic acids is 2. The molecule has 0 unspecified atom stereocenters. The zero-order valence-corrected chi connectivity index (χ0v) is 35.1. The number of carboxylic acid groups (broad SMARTS) is 2. The predicted molar refractivity (Wildman–Crippen MR) is 208 cm³/mol. The largest absolute Gasteiger partial charge is 0.481 e. The van der Waals surface area contributed by atoms with Crippen LogP contribution in [-0.2, 0) is 57.2 Å². The Kier molecular flexibility index (Phi) is 13.9. The van der Waals surface area contributed by atoms with Crippen molar-refractivity contribution in [3.8, 4) is 0 Å². The molecule has 58 heavy (non-hydrogen) atoms. The van der Waals surface area contributed by atoms with Crippen molar-refractivity contribution in [3.63, 3.8) is 0 Å². The highest BCUT2D eigenvalue weighted by molar-refractivity contribution is 5.88. The summed E-state index contributed by atoms with van der Waals surface area (Å²) in [7, 11) is 2.33. The Morgan fingerprint density at radius 1 is 0.655 bits per heavy atom. The summed E-state index contributed by atoms with van der Waals surface area (Å²) in [5, 5.41) is 20.0. The lowest BCUT2D eigenvalue weighted by molar-refractivity contribution is -0.185. The molecule has 4 aliphatic carbocycles. The van der Waals surface area contributed by atoms with Gasteiger partial charge in [-0.05, 0) is 74.0 Å². The van der Waals surface area contributed by atoms with Crippen molar-refractivity contribution in [2.24, 2.45) is 57.2 Å². The summed E-state index contributed by atoms with van der Waals surface area (Å²) in [6.45, 7) is 16.9. The molecule has 4 saturated carbocycles. The van der Waals surface area contributed by atoms with Gasteiger partial charge in [0.2, 0.25) is 0 Å². The minimum atomic E-state index is -1.56. The summed E-state index contributed by atoms with van der Waals surface area (Å²) in [4.78, 5) is 79.5. The number of cyclic esters (lactones) is 2. The maximum atomic E-state index is 14.1. The van der Waals surface area contributed by atoms with Crippen LogP contribution < -0.4 is 0 Å². The van der Waals surface area contributed by atoms with E-state index < -0.39 is 94.4 Å². The fraction of sp³-hybridized carbons (Fsp3) is 0.773. The molecule has 0 amide bonds. The molecule has 14 heteroatoms. The van der Waals surface area contributed by atoms with E-state index >= 15 is 0 Å². The number of carbonyl (C=O) groups excluding carboxylic acids is 4. The van der Waals surface area contributed by atoms with Crippen molar-refractivity contribution >= 4 is 35.8 Å². The predicted octanol–water partition coefficient (Wildman–Crippen LogP) is 5.94.